The van der Waals surface area contributed by atoms with E-state index in [1.165, 1.54) is 25.7 Å². The predicted molar refractivity (Wildman–Crippen MR) is 44.9 cm³/mol. The zero-order valence-corrected chi connectivity index (χ0v) is 6.61. The molecule has 0 aromatic rings. The molecule has 0 aromatic carbocycles. The summed E-state index contributed by atoms with van der Waals surface area (Å²) in [7, 11) is 0. The first-order valence-electron chi connectivity index (χ1n) is 3.65. The predicted octanol–water partition coefficient (Wildman–Crippen LogP) is 2.66. The Balaban J connectivity index is 2.32. The van der Waals surface area contributed by atoms with Gasteiger partial charge in [0.15, 0.2) is 0 Å². The average molecular weight is 142 g/mol. The van der Waals surface area contributed by atoms with Crippen LogP contribution in [0, 0.1) is 5.92 Å². The molecule has 52 valence electrons. The summed E-state index contributed by atoms with van der Waals surface area (Å²) in [4.78, 5) is 0. The van der Waals surface area contributed by atoms with Crippen molar-refractivity contribution in [2.75, 3.05) is 0 Å². The lowest BCUT2D eigenvalue weighted by molar-refractivity contribution is 0.573. The van der Waals surface area contributed by atoms with Crippen LogP contribution >= 0.6 is 12.6 Å². The van der Waals surface area contributed by atoms with Crippen molar-refractivity contribution in [3.8, 4) is 0 Å². The molecule has 0 radical (unpaired) electrons. The molecular formula is C8H14S. The van der Waals surface area contributed by atoms with Crippen LogP contribution in [0.15, 0.2) is 12.7 Å². The smallest absolute Gasteiger partial charge is 0.0222 e. The van der Waals surface area contributed by atoms with Gasteiger partial charge in [0, 0.05) is 5.25 Å². The Labute approximate surface area is 62.8 Å². The van der Waals surface area contributed by atoms with Gasteiger partial charge in [-0.25, -0.2) is 0 Å². The molecule has 0 spiro atoms. The van der Waals surface area contributed by atoms with Crippen LogP contribution in [0.4, 0.5) is 0 Å². The summed E-state index contributed by atoms with van der Waals surface area (Å²) in [6.45, 7) is 3.73. The highest BCUT2D eigenvalue weighted by Crippen LogP contribution is 2.30. The summed E-state index contributed by atoms with van der Waals surface area (Å²) < 4.78 is 0. The van der Waals surface area contributed by atoms with Crippen LogP contribution in [-0.2, 0) is 0 Å². The molecule has 1 fully saturated rings. The molecule has 0 bridgehead atoms. The molecule has 0 aliphatic heterocycles. The van der Waals surface area contributed by atoms with Crippen LogP contribution in [0.25, 0.3) is 0 Å². The molecule has 1 rings (SSSR count). The van der Waals surface area contributed by atoms with Gasteiger partial charge in [0.25, 0.3) is 0 Å². The first-order valence-corrected chi connectivity index (χ1v) is 4.17. The second kappa shape index (κ2) is 3.31. The molecule has 0 amide bonds. The van der Waals surface area contributed by atoms with Gasteiger partial charge in [-0.1, -0.05) is 18.9 Å². The normalized spacial score (nSPS) is 24.1. The van der Waals surface area contributed by atoms with E-state index in [0.29, 0.717) is 5.25 Å². The fraction of sp³-hybridized carbons (Fsp3) is 0.750. The topological polar surface area (TPSA) is 0 Å². The van der Waals surface area contributed by atoms with Gasteiger partial charge >= 0.3 is 0 Å². The van der Waals surface area contributed by atoms with E-state index in [2.05, 4.69) is 19.2 Å². The number of thiol groups is 1. The van der Waals surface area contributed by atoms with Crippen molar-refractivity contribution >= 4 is 12.6 Å². The lowest BCUT2D eigenvalue weighted by Gasteiger charge is -2.11. The second-order valence-electron chi connectivity index (χ2n) is 2.77. The Morgan fingerprint density at radius 3 is 2.44 bits per heavy atom. The van der Waals surface area contributed by atoms with Gasteiger partial charge < -0.3 is 0 Å². The van der Waals surface area contributed by atoms with E-state index in [-0.39, 0.29) is 0 Å². The first-order chi connectivity index (χ1) is 4.34. The van der Waals surface area contributed by atoms with Crippen LogP contribution in [0.5, 0.6) is 0 Å². The van der Waals surface area contributed by atoms with E-state index in [0.717, 1.165) is 5.92 Å². The monoisotopic (exact) mass is 142 g/mol. The standard InChI is InChI=1S/C8H14S/c1-2-8(9)7-5-3-4-6-7/h2,7-9H,1,3-6H2. The highest BCUT2D eigenvalue weighted by atomic mass is 32.1. The van der Waals surface area contributed by atoms with Gasteiger partial charge in [0.2, 0.25) is 0 Å². The minimum Gasteiger partial charge on any atom is -0.171 e. The summed E-state index contributed by atoms with van der Waals surface area (Å²) in [6.07, 6.45) is 7.48. The zero-order valence-electron chi connectivity index (χ0n) is 5.71. The van der Waals surface area contributed by atoms with Crippen molar-refractivity contribution < 1.29 is 0 Å². The highest BCUT2D eigenvalue weighted by molar-refractivity contribution is 7.81. The van der Waals surface area contributed by atoms with E-state index in [4.69, 9.17) is 0 Å². The summed E-state index contributed by atoms with van der Waals surface area (Å²) in [5.74, 6) is 0.825. The molecule has 0 N–H and O–H groups in total. The molecule has 1 atom stereocenters. The fourth-order valence-corrected chi connectivity index (χ4v) is 1.79. The molecular weight excluding hydrogens is 128 g/mol. The minimum absolute atomic E-state index is 0.451. The molecule has 0 nitrogen and oxygen atoms in total. The maximum Gasteiger partial charge on any atom is 0.0222 e. The van der Waals surface area contributed by atoms with Gasteiger partial charge in [0.05, 0.1) is 0 Å². The molecule has 1 aliphatic carbocycles. The number of rotatable bonds is 2. The average Bonchev–Trinajstić information content (AvgIpc) is 2.37. The number of hydrogen-bond acceptors (Lipinski definition) is 1. The van der Waals surface area contributed by atoms with Crippen molar-refractivity contribution in [1.82, 2.24) is 0 Å². The minimum atomic E-state index is 0.451. The third kappa shape index (κ3) is 1.75. The van der Waals surface area contributed by atoms with Crippen molar-refractivity contribution in [1.29, 1.82) is 0 Å². The quantitative estimate of drug-likeness (QED) is 0.445. The van der Waals surface area contributed by atoms with Crippen LogP contribution in [-0.4, -0.2) is 5.25 Å². The molecule has 1 saturated carbocycles. The summed E-state index contributed by atoms with van der Waals surface area (Å²) >= 11 is 4.41. The largest absolute Gasteiger partial charge is 0.171 e. The molecule has 0 heterocycles. The van der Waals surface area contributed by atoms with Gasteiger partial charge in [0.1, 0.15) is 0 Å². The Hall–Kier alpha value is 0.0900. The molecule has 1 unspecified atom stereocenters. The molecule has 1 heteroatoms. The molecule has 0 saturated heterocycles. The molecule has 9 heavy (non-hydrogen) atoms. The van der Waals surface area contributed by atoms with Gasteiger partial charge in [-0.2, -0.15) is 12.6 Å². The van der Waals surface area contributed by atoms with Crippen molar-refractivity contribution in [3.05, 3.63) is 12.7 Å². The SMILES string of the molecule is C=CC(S)C1CCCC1. The highest BCUT2D eigenvalue weighted by Gasteiger charge is 2.19. The Morgan fingerprint density at radius 2 is 2.00 bits per heavy atom. The Kier molecular flexibility index (Phi) is 2.65. The fourth-order valence-electron chi connectivity index (χ4n) is 1.49. The van der Waals surface area contributed by atoms with E-state index >= 15 is 0 Å². The van der Waals surface area contributed by atoms with Crippen LogP contribution < -0.4 is 0 Å². The second-order valence-corrected chi connectivity index (χ2v) is 3.37. The van der Waals surface area contributed by atoms with Crippen LogP contribution in [0.2, 0.25) is 0 Å². The van der Waals surface area contributed by atoms with E-state index < -0.39 is 0 Å². The molecule has 0 aromatic heterocycles. The van der Waals surface area contributed by atoms with E-state index in [1.54, 1.807) is 0 Å². The van der Waals surface area contributed by atoms with Crippen LogP contribution in [0.3, 0.4) is 0 Å². The van der Waals surface area contributed by atoms with Gasteiger partial charge in [-0.05, 0) is 18.8 Å². The van der Waals surface area contributed by atoms with E-state index in [1.807, 2.05) is 6.08 Å². The zero-order chi connectivity index (χ0) is 6.69. The Bertz CT molecular complexity index is 92.7. The maximum absolute atomic E-state index is 4.41. The molecule has 1 aliphatic rings. The Morgan fingerprint density at radius 1 is 1.44 bits per heavy atom. The van der Waals surface area contributed by atoms with Gasteiger partial charge in [-0.15, -0.1) is 6.58 Å². The summed E-state index contributed by atoms with van der Waals surface area (Å²) in [5.41, 5.74) is 0. The maximum atomic E-state index is 4.41. The summed E-state index contributed by atoms with van der Waals surface area (Å²) in [5, 5.41) is 0.451. The lowest BCUT2D eigenvalue weighted by Crippen LogP contribution is -2.06. The summed E-state index contributed by atoms with van der Waals surface area (Å²) in [6, 6.07) is 0. The number of hydrogen-bond donors (Lipinski definition) is 1. The van der Waals surface area contributed by atoms with Crippen LogP contribution in [0.1, 0.15) is 25.7 Å². The van der Waals surface area contributed by atoms with E-state index in [9.17, 15) is 0 Å². The third-order valence-electron chi connectivity index (χ3n) is 2.12. The first kappa shape index (κ1) is 7.20. The van der Waals surface area contributed by atoms with Gasteiger partial charge in [-0.3, -0.25) is 0 Å². The lowest BCUT2D eigenvalue weighted by atomic mass is 10.0. The van der Waals surface area contributed by atoms with Crippen molar-refractivity contribution in [2.45, 2.75) is 30.9 Å². The third-order valence-corrected chi connectivity index (χ3v) is 2.76. The van der Waals surface area contributed by atoms with Crippen molar-refractivity contribution in [3.63, 3.8) is 0 Å². The van der Waals surface area contributed by atoms with Crippen molar-refractivity contribution in [2.24, 2.45) is 5.92 Å².